The van der Waals surface area contributed by atoms with E-state index >= 15 is 0 Å². The average molecular weight is 171 g/mol. The minimum atomic E-state index is 0.0840. The highest BCUT2D eigenvalue weighted by Gasteiger charge is 2.47. The summed E-state index contributed by atoms with van der Waals surface area (Å²) in [5.74, 6) is 0. The number of fused-ring (bicyclic) bond motifs is 1. The zero-order valence-electron chi connectivity index (χ0n) is 7.62. The quantitative estimate of drug-likeness (QED) is 0.645. The third-order valence-corrected chi connectivity index (χ3v) is 3.40. The van der Waals surface area contributed by atoms with Crippen molar-refractivity contribution < 1.29 is 9.84 Å². The lowest BCUT2D eigenvalue weighted by molar-refractivity contribution is 0.0944. The van der Waals surface area contributed by atoms with Crippen molar-refractivity contribution in [2.75, 3.05) is 26.8 Å². The molecule has 0 aromatic heterocycles. The molecule has 0 amide bonds. The van der Waals surface area contributed by atoms with Gasteiger partial charge >= 0.3 is 0 Å². The van der Waals surface area contributed by atoms with Crippen LogP contribution in [0.3, 0.4) is 0 Å². The predicted octanol–water partition coefficient (Wildman–Crippen LogP) is 0.232. The van der Waals surface area contributed by atoms with Crippen LogP contribution < -0.4 is 0 Å². The second kappa shape index (κ2) is 2.98. The van der Waals surface area contributed by atoms with E-state index in [1.54, 1.807) is 7.11 Å². The maximum absolute atomic E-state index is 9.34. The van der Waals surface area contributed by atoms with Crippen molar-refractivity contribution in [3.05, 3.63) is 0 Å². The molecule has 0 saturated carbocycles. The minimum Gasteiger partial charge on any atom is -0.394 e. The number of methoxy groups -OCH3 is 1. The molecule has 2 aliphatic heterocycles. The fraction of sp³-hybridized carbons (Fsp3) is 1.00. The van der Waals surface area contributed by atoms with E-state index in [9.17, 15) is 5.11 Å². The van der Waals surface area contributed by atoms with Crippen LogP contribution in [0.15, 0.2) is 0 Å². The minimum absolute atomic E-state index is 0.0840. The van der Waals surface area contributed by atoms with Crippen LogP contribution in [0, 0.1) is 0 Å². The van der Waals surface area contributed by atoms with Crippen molar-refractivity contribution in [2.24, 2.45) is 0 Å². The molecule has 0 aromatic carbocycles. The molecule has 2 saturated heterocycles. The monoisotopic (exact) mass is 171 g/mol. The van der Waals surface area contributed by atoms with Gasteiger partial charge in [-0.25, -0.2) is 0 Å². The first-order valence-electron chi connectivity index (χ1n) is 4.69. The van der Waals surface area contributed by atoms with E-state index in [1.807, 2.05) is 0 Å². The molecule has 3 heteroatoms. The topological polar surface area (TPSA) is 32.7 Å². The van der Waals surface area contributed by atoms with E-state index < -0.39 is 0 Å². The maximum Gasteiger partial charge on any atom is 0.0716 e. The van der Waals surface area contributed by atoms with Crippen molar-refractivity contribution in [3.63, 3.8) is 0 Å². The van der Waals surface area contributed by atoms with E-state index in [1.165, 1.54) is 6.42 Å². The van der Waals surface area contributed by atoms with Crippen molar-refractivity contribution in [2.45, 2.75) is 30.9 Å². The smallest absolute Gasteiger partial charge is 0.0716 e. The molecule has 1 N–H and O–H groups in total. The molecule has 2 atom stereocenters. The Morgan fingerprint density at radius 2 is 2.50 bits per heavy atom. The fourth-order valence-corrected chi connectivity index (χ4v) is 2.65. The Balaban J connectivity index is 2.09. The second-order valence-electron chi connectivity index (χ2n) is 3.99. The van der Waals surface area contributed by atoms with Crippen LogP contribution in [-0.2, 0) is 4.74 Å². The van der Waals surface area contributed by atoms with Gasteiger partial charge < -0.3 is 9.84 Å². The lowest BCUT2D eigenvalue weighted by Gasteiger charge is -2.28. The molecular formula is C9H17NO2. The average Bonchev–Trinajstić information content (AvgIpc) is 2.58. The largest absolute Gasteiger partial charge is 0.394 e. The normalized spacial score (nSPS) is 42.0. The van der Waals surface area contributed by atoms with Gasteiger partial charge in [0, 0.05) is 19.2 Å². The molecule has 3 nitrogen and oxygen atoms in total. The standard InChI is InChI=1S/C9H17NO2/c1-12-8-5-9(7-11)3-2-4-10(9)6-8/h8,11H,2-7H2,1H3/t8-,9+/m0/s1. The number of hydrogen-bond donors (Lipinski definition) is 1. The van der Waals surface area contributed by atoms with Gasteiger partial charge in [0.15, 0.2) is 0 Å². The van der Waals surface area contributed by atoms with E-state index in [4.69, 9.17) is 4.74 Å². The molecule has 2 aliphatic rings. The van der Waals surface area contributed by atoms with Gasteiger partial charge in [-0.15, -0.1) is 0 Å². The predicted molar refractivity (Wildman–Crippen MR) is 46.0 cm³/mol. The van der Waals surface area contributed by atoms with Crippen LogP contribution in [-0.4, -0.2) is 48.5 Å². The van der Waals surface area contributed by atoms with Gasteiger partial charge in [-0.3, -0.25) is 4.90 Å². The third-order valence-electron chi connectivity index (χ3n) is 3.40. The Hall–Kier alpha value is -0.120. The van der Waals surface area contributed by atoms with Crippen LogP contribution >= 0.6 is 0 Å². The highest BCUT2D eigenvalue weighted by Crippen LogP contribution is 2.39. The van der Waals surface area contributed by atoms with Gasteiger partial charge in [0.05, 0.1) is 12.7 Å². The van der Waals surface area contributed by atoms with Gasteiger partial charge in [-0.1, -0.05) is 0 Å². The van der Waals surface area contributed by atoms with Crippen LogP contribution in [0.4, 0.5) is 0 Å². The van der Waals surface area contributed by atoms with E-state index in [0.717, 1.165) is 25.9 Å². The van der Waals surface area contributed by atoms with E-state index in [-0.39, 0.29) is 5.54 Å². The Morgan fingerprint density at radius 1 is 1.67 bits per heavy atom. The van der Waals surface area contributed by atoms with Gasteiger partial charge in [-0.2, -0.15) is 0 Å². The molecule has 0 bridgehead atoms. The third kappa shape index (κ3) is 1.08. The molecule has 2 fully saturated rings. The molecule has 0 aliphatic carbocycles. The Kier molecular flexibility index (Phi) is 2.10. The summed E-state index contributed by atoms with van der Waals surface area (Å²) in [6, 6.07) is 0. The summed E-state index contributed by atoms with van der Waals surface area (Å²) in [7, 11) is 1.76. The van der Waals surface area contributed by atoms with Crippen LogP contribution in [0.25, 0.3) is 0 Å². The van der Waals surface area contributed by atoms with Crippen molar-refractivity contribution in [1.82, 2.24) is 4.90 Å². The second-order valence-corrected chi connectivity index (χ2v) is 3.99. The summed E-state index contributed by atoms with van der Waals surface area (Å²) in [6.07, 6.45) is 3.73. The highest BCUT2D eigenvalue weighted by atomic mass is 16.5. The molecule has 2 rings (SSSR count). The summed E-state index contributed by atoms with van der Waals surface area (Å²) in [4.78, 5) is 2.39. The zero-order chi connectivity index (χ0) is 8.60. The Morgan fingerprint density at radius 3 is 3.08 bits per heavy atom. The number of aliphatic hydroxyl groups is 1. The van der Waals surface area contributed by atoms with E-state index in [2.05, 4.69) is 4.90 Å². The van der Waals surface area contributed by atoms with Gasteiger partial charge in [0.1, 0.15) is 0 Å². The summed E-state index contributed by atoms with van der Waals surface area (Å²) in [5.41, 5.74) is 0.0840. The molecule has 12 heavy (non-hydrogen) atoms. The zero-order valence-corrected chi connectivity index (χ0v) is 7.62. The van der Waals surface area contributed by atoms with Gasteiger partial charge in [0.25, 0.3) is 0 Å². The summed E-state index contributed by atoms with van der Waals surface area (Å²) in [6.45, 7) is 2.45. The Bertz CT molecular complexity index is 174. The highest BCUT2D eigenvalue weighted by molar-refractivity contribution is 5.03. The van der Waals surface area contributed by atoms with Gasteiger partial charge in [-0.05, 0) is 25.8 Å². The maximum atomic E-state index is 9.34. The molecule has 2 heterocycles. The molecule has 70 valence electrons. The number of ether oxygens (including phenoxy) is 1. The molecule has 0 unspecified atom stereocenters. The van der Waals surface area contributed by atoms with Crippen LogP contribution in [0.2, 0.25) is 0 Å². The van der Waals surface area contributed by atoms with Gasteiger partial charge in [0.2, 0.25) is 0 Å². The van der Waals surface area contributed by atoms with Crippen LogP contribution in [0.5, 0.6) is 0 Å². The Labute approximate surface area is 73.3 Å². The van der Waals surface area contributed by atoms with Crippen molar-refractivity contribution >= 4 is 0 Å². The van der Waals surface area contributed by atoms with E-state index in [0.29, 0.717) is 12.7 Å². The molecule has 0 aromatic rings. The molecular weight excluding hydrogens is 154 g/mol. The fourth-order valence-electron chi connectivity index (χ4n) is 2.65. The summed E-state index contributed by atoms with van der Waals surface area (Å²) in [5, 5.41) is 9.34. The number of nitrogens with zero attached hydrogens (tertiary/aromatic N) is 1. The first-order valence-corrected chi connectivity index (χ1v) is 4.69. The summed E-state index contributed by atoms with van der Waals surface area (Å²) < 4.78 is 5.32. The number of hydrogen-bond acceptors (Lipinski definition) is 3. The lowest BCUT2D eigenvalue weighted by Crippen LogP contribution is -2.41. The number of rotatable bonds is 2. The summed E-state index contributed by atoms with van der Waals surface area (Å²) >= 11 is 0. The first kappa shape index (κ1) is 8.48. The van der Waals surface area contributed by atoms with Crippen LogP contribution in [0.1, 0.15) is 19.3 Å². The van der Waals surface area contributed by atoms with Crippen molar-refractivity contribution in [3.8, 4) is 0 Å². The molecule has 0 spiro atoms. The van der Waals surface area contributed by atoms with Crippen molar-refractivity contribution in [1.29, 1.82) is 0 Å². The lowest BCUT2D eigenvalue weighted by atomic mass is 9.94. The molecule has 0 radical (unpaired) electrons. The number of aliphatic hydroxyl groups excluding tert-OH is 1. The first-order chi connectivity index (χ1) is 5.80. The SMILES string of the molecule is CO[C@@H]1CN2CCC[C@]2(CO)C1.